The second-order valence-electron chi connectivity index (χ2n) is 9.04. The van der Waals surface area contributed by atoms with Crippen LogP contribution < -0.4 is 5.32 Å². The summed E-state index contributed by atoms with van der Waals surface area (Å²) in [5.74, 6) is 0. The molecule has 0 aliphatic carbocycles. The highest BCUT2D eigenvalue weighted by Crippen LogP contribution is 2.24. The maximum Gasteiger partial charge on any atom is 0.243 e. The van der Waals surface area contributed by atoms with Crippen molar-refractivity contribution in [3.8, 4) is 0 Å². The largest absolute Gasteiger partial charge is 0.314 e. The molecule has 0 spiro atoms. The van der Waals surface area contributed by atoms with Gasteiger partial charge in [-0.05, 0) is 30.7 Å². The van der Waals surface area contributed by atoms with Crippen LogP contribution in [0.25, 0.3) is 0 Å². The van der Waals surface area contributed by atoms with Crippen LogP contribution in [0.3, 0.4) is 0 Å². The second-order valence-corrected chi connectivity index (χ2v) is 12.9. The first-order chi connectivity index (χ1) is 15.3. The number of sulfonamides is 1. The van der Waals surface area contributed by atoms with Gasteiger partial charge in [-0.25, -0.2) is 16.8 Å². The number of unbranched alkanes of at least 4 members (excludes halogenated alkanes) is 10. The van der Waals surface area contributed by atoms with Gasteiger partial charge in [-0.15, -0.1) is 0 Å². The minimum absolute atomic E-state index is 0.0538. The molecule has 1 aliphatic heterocycles. The molecule has 6 nitrogen and oxygen atoms in total. The highest BCUT2D eigenvalue weighted by Gasteiger charge is 2.33. The molecular weight excluding hydrogens is 444 g/mol. The molecule has 1 heterocycles. The van der Waals surface area contributed by atoms with Gasteiger partial charge in [0, 0.05) is 31.9 Å². The molecule has 8 heteroatoms. The topological polar surface area (TPSA) is 83.6 Å². The predicted octanol–water partition coefficient (Wildman–Crippen LogP) is 4.75. The third-order valence-electron chi connectivity index (χ3n) is 6.30. The quantitative estimate of drug-likeness (QED) is 0.362. The van der Waals surface area contributed by atoms with Crippen molar-refractivity contribution in [1.29, 1.82) is 0 Å². The Morgan fingerprint density at radius 2 is 1.31 bits per heavy atom. The van der Waals surface area contributed by atoms with E-state index in [1.165, 1.54) is 82.1 Å². The summed E-state index contributed by atoms with van der Waals surface area (Å²) < 4.78 is 51.3. The number of rotatable bonds is 15. The lowest BCUT2D eigenvalue weighted by molar-refractivity contribution is 0.250. The molecule has 1 aromatic carbocycles. The van der Waals surface area contributed by atoms with E-state index in [4.69, 9.17) is 0 Å². The van der Waals surface area contributed by atoms with Crippen LogP contribution in [-0.4, -0.2) is 53.1 Å². The standard InChI is InChI=1S/C24H42N2O4S2/c1-3-4-5-6-7-8-9-10-11-12-13-14-22-21-25-19-20-26(22)32(29,30)24-17-15-23(16-18-24)31(2,27)28/h15-18,22,25H,3-14,19-21H2,1-2H3. The average molecular weight is 487 g/mol. The van der Waals surface area contributed by atoms with Gasteiger partial charge in [-0.1, -0.05) is 77.6 Å². The summed E-state index contributed by atoms with van der Waals surface area (Å²) >= 11 is 0. The summed E-state index contributed by atoms with van der Waals surface area (Å²) in [4.78, 5) is 0.296. The Hall–Kier alpha value is -0.960. The molecule has 0 radical (unpaired) electrons. The summed E-state index contributed by atoms with van der Waals surface area (Å²) in [6, 6.07) is 5.52. The molecule has 1 saturated heterocycles. The van der Waals surface area contributed by atoms with Gasteiger partial charge in [0.05, 0.1) is 9.79 Å². The van der Waals surface area contributed by atoms with Gasteiger partial charge in [0.25, 0.3) is 0 Å². The molecule has 1 aliphatic rings. The van der Waals surface area contributed by atoms with Crippen LogP contribution in [-0.2, 0) is 19.9 Å². The Labute approximate surface area is 196 Å². The zero-order valence-electron chi connectivity index (χ0n) is 19.9. The molecule has 1 atom stereocenters. The van der Waals surface area contributed by atoms with E-state index < -0.39 is 19.9 Å². The highest BCUT2D eigenvalue weighted by molar-refractivity contribution is 7.90. The van der Waals surface area contributed by atoms with E-state index in [1.54, 1.807) is 4.31 Å². The third kappa shape index (κ3) is 8.76. The number of hydrogen-bond acceptors (Lipinski definition) is 5. The number of benzene rings is 1. The van der Waals surface area contributed by atoms with Crippen LogP contribution in [0.5, 0.6) is 0 Å². The molecule has 1 fully saturated rings. The summed E-state index contributed by atoms with van der Waals surface area (Å²) in [7, 11) is -6.99. The van der Waals surface area contributed by atoms with Gasteiger partial charge in [-0.3, -0.25) is 0 Å². The Balaban J connectivity index is 1.78. The SMILES string of the molecule is CCCCCCCCCCCCCC1CNCCN1S(=O)(=O)c1ccc(S(C)(=O)=O)cc1. The van der Waals surface area contributed by atoms with E-state index in [2.05, 4.69) is 12.2 Å². The lowest BCUT2D eigenvalue weighted by Crippen LogP contribution is -2.53. The molecule has 0 bridgehead atoms. The van der Waals surface area contributed by atoms with Crippen LogP contribution in [0.1, 0.15) is 84.0 Å². The zero-order chi connectivity index (χ0) is 23.5. The van der Waals surface area contributed by atoms with Crippen molar-refractivity contribution in [2.75, 3.05) is 25.9 Å². The van der Waals surface area contributed by atoms with Crippen molar-refractivity contribution >= 4 is 19.9 Å². The molecule has 32 heavy (non-hydrogen) atoms. The van der Waals surface area contributed by atoms with Crippen LogP contribution in [0.4, 0.5) is 0 Å². The molecule has 0 saturated carbocycles. The maximum absolute atomic E-state index is 13.2. The van der Waals surface area contributed by atoms with Crippen LogP contribution in [0.15, 0.2) is 34.1 Å². The molecule has 2 rings (SSSR count). The van der Waals surface area contributed by atoms with Crippen molar-refractivity contribution in [3.63, 3.8) is 0 Å². The molecule has 0 aromatic heterocycles. The molecular formula is C24H42N2O4S2. The van der Waals surface area contributed by atoms with Gasteiger partial charge in [-0.2, -0.15) is 4.31 Å². The second kappa shape index (κ2) is 13.7. The van der Waals surface area contributed by atoms with Crippen molar-refractivity contribution < 1.29 is 16.8 Å². The number of hydrogen-bond donors (Lipinski definition) is 1. The van der Waals surface area contributed by atoms with E-state index in [0.29, 0.717) is 19.6 Å². The number of nitrogens with one attached hydrogen (secondary N) is 1. The van der Waals surface area contributed by atoms with E-state index >= 15 is 0 Å². The van der Waals surface area contributed by atoms with E-state index in [1.807, 2.05) is 0 Å². The van der Waals surface area contributed by atoms with Crippen molar-refractivity contribution in [2.24, 2.45) is 0 Å². The first kappa shape index (κ1) is 27.3. The molecule has 0 amide bonds. The smallest absolute Gasteiger partial charge is 0.243 e. The summed E-state index contributed by atoms with van der Waals surface area (Å²) in [5.41, 5.74) is 0. The van der Waals surface area contributed by atoms with Crippen LogP contribution >= 0.6 is 0 Å². The minimum atomic E-state index is -3.64. The van der Waals surface area contributed by atoms with E-state index in [-0.39, 0.29) is 15.8 Å². The summed E-state index contributed by atoms with van der Waals surface area (Å²) in [6.45, 7) is 3.99. The fraction of sp³-hybridized carbons (Fsp3) is 0.750. The number of piperazine rings is 1. The first-order valence-electron chi connectivity index (χ1n) is 12.3. The minimum Gasteiger partial charge on any atom is -0.314 e. The average Bonchev–Trinajstić information content (AvgIpc) is 2.77. The Kier molecular flexibility index (Phi) is 11.7. The van der Waals surface area contributed by atoms with Gasteiger partial charge in [0.2, 0.25) is 10.0 Å². The monoisotopic (exact) mass is 486 g/mol. The predicted molar refractivity (Wildman–Crippen MR) is 131 cm³/mol. The van der Waals surface area contributed by atoms with Crippen molar-refractivity contribution in [1.82, 2.24) is 9.62 Å². The normalized spacial score (nSPS) is 18.1. The van der Waals surface area contributed by atoms with Crippen molar-refractivity contribution in [2.45, 2.75) is 99.8 Å². The third-order valence-corrected chi connectivity index (χ3v) is 9.39. The van der Waals surface area contributed by atoms with Crippen molar-refractivity contribution in [3.05, 3.63) is 24.3 Å². The van der Waals surface area contributed by atoms with Gasteiger partial charge >= 0.3 is 0 Å². The summed E-state index contributed by atoms with van der Waals surface area (Å²) in [6.07, 6.45) is 16.0. The van der Waals surface area contributed by atoms with Crippen LogP contribution in [0, 0.1) is 0 Å². The molecule has 1 N–H and O–H groups in total. The number of sulfone groups is 1. The molecule has 1 aromatic rings. The zero-order valence-corrected chi connectivity index (χ0v) is 21.5. The first-order valence-corrected chi connectivity index (χ1v) is 15.6. The van der Waals surface area contributed by atoms with E-state index in [0.717, 1.165) is 25.5 Å². The Bertz CT molecular complexity index is 868. The van der Waals surface area contributed by atoms with Gasteiger partial charge < -0.3 is 5.32 Å². The Morgan fingerprint density at radius 3 is 1.84 bits per heavy atom. The van der Waals surface area contributed by atoms with Gasteiger partial charge in [0.15, 0.2) is 9.84 Å². The van der Waals surface area contributed by atoms with E-state index in [9.17, 15) is 16.8 Å². The van der Waals surface area contributed by atoms with Crippen LogP contribution in [0.2, 0.25) is 0 Å². The maximum atomic E-state index is 13.2. The fourth-order valence-corrected chi connectivity index (χ4v) is 6.63. The summed E-state index contributed by atoms with van der Waals surface area (Å²) in [5, 5.41) is 3.32. The molecule has 184 valence electrons. The lowest BCUT2D eigenvalue weighted by atomic mass is 10.0. The number of nitrogens with zero attached hydrogens (tertiary/aromatic N) is 1. The lowest BCUT2D eigenvalue weighted by Gasteiger charge is -2.35. The van der Waals surface area contributed by atoms with Gasteiger partial charge in [0.1, 0.15) is 0 Å². The molecule has 1 unspecified atom stereocenters. The highest BCUT2D eigenvalue weighted by atomic mass is 32.2. The fourth-order valence-electron chi connectivity index (χ4n) is 4.34. The Morgan fingerprint density at radius 1 is 0.812 bits per heavy atom.